The van der Waals surface area contributed by atoms with Crippen LogP contribution in [0.5, 0.6) is 0 Å². The predicted octanol–water partition coefficient (Wildman–Crippen LogP) is 2.45. The number of hydrogen-bond donors (Lipinski definition) is 2. The summed E-state index contributed by atoms with van der Waals surface area (Å²) in [6, 6.07) is 15.8. The van der Waals surface area contributed by atoms with Gasteiger partial charge >= 0.3 is 0 Å². The van der Waals surface area contributed by atoms with Gasteiger partial charge in [0.15, 0.2) is 0 Å². The predicted molar refractivity (Wildman–Crippen MR) is 104 cm³/mol. The van der Waals surface area contributed by atoms with Gasteiger partial charge in [-0.05, 0) is 36.4 Å². The molecule has 1 aliphatic rings. The first-order valence-electron chi connectivity index (χ1n) is 8.56. The summed E-state index contributed by atoms with van der Waals surface area (Å²) >= 11 is 0. The Kier molecular flexibility index (Phi) is 4.48. The molecule has 3 aromatic rings. The number of sulfonamides is 1. The van der Waals surface area contributed by atoms with E-state index in [0.717, 1.165) is 42.8 Å². The van der Waals surface area contributed by atoms with Crippen molar-refractivity contribution < 1.29 is 8.42 Å². The number of hydrogen-bond acceptors (Lipinski definition) is 5. The van der Waals surface area contributed by atoms with Crippen LogP contribution in [0.25, 0.3) is 10.9 Å². The van der Waals surface area contributed by atoms with Gasteiger partial charge in [0, 0.05) is 49.1 Å². The lowest BCUT2D eigenvalue weighted by molar-refractivity contribution is 0.590. The van der Waals surface area contributed by atoms with Crippen LogP contribution in [-0.4, -0.2) is 39.6 Å². The third kappa shape index (κ3) is 3.36. The highest BCUT2D eigenvalue weighted by atomic mass is 32.2. The molecule has 0 amide bonds. The number of fused-ring (bicyclic) bond motifs is 1. The second-order valence-electron chi connectivity index (χ2n) is 6.22. The lowest BCUT2D eigenvalue weighted by Gasteiger charge is -2.30. The van der Waals surface area contributed by atoms with Crippen LogP contribution in [0.4, 0.5) is 11.4 Å². The van der Waals surface area contributed by atoms with Crippen molar-refractivity contribution >= 4 is 32.3 Å². The minimum absolute atomic E-state index is 0.244. The first-order chi connectivity index (χ1) is 12.6. The van der Waals surface area contributed by atoms with Gasteiger partial charge in [0.25, 0.3) is 10.0 Å². The molecule has 0 aliphatic carbocycles. The zero-order valence-corrected chi connectivity index (χ0v) is 15.0. The van der Waals surface area contributed by atoms with Gasteiger partial charge in [-0.3, -0.25) is 9.71 Å². The summed E-state index contributed by atoms with van der Waals surface area (Å²) in [5.41, 5.74) is 2.46. The first-order valence-corrected chi connectivity index (χ1v) is 10.0. The molecule has 1 aromatic heterocycles. The summed E-state index contributed by atoms with van der Waals surface area (Å²) in [4.78, 5) is 6.96. The highest BCUT2D eigenvalue weighted by Crippen LogP contribution is 2.29. The molecular weight excluding hydrogens is 348 g/mol. The quantitative estimate of drug-likeness (QED) is 0.740. The molecule has 4 rings (SSSR count). The van der Waals surface area contributed by atoms with Crippen molar-refractivity contribution in [2.45, 2.75) is 4.90 Å². The van der Waals surface area contributed by atoms with Crippen LogP contribution in [0.15, 0.2) is 65.7 Å². The summed E-state index contributed by atoms with van der Waals surface area (Å²) in [6.45, 7) is 3.70. The van der Waals surface area contributed by atoms with E-state index in [4.69, 9.17) is 0 Å². The summed E-state index contributed by atoms with van der Waals surface area (Å²) in [6.07, 6.45) is 1.80. The molecule has 0 atom stereocenters. The molecule has 26 heavy (non-hydrogen) atoms. The number of nitrogens with one attached hydrogen (secondary N) is 2. The lowest BCUT2D eigenvalue weighted by Crippen LogP contribution is -2.43. The Bertz CT molecular complexity index is 1020. The maximum atomic E-state index is 12.6. The van der Waals surface area contributed by atoms with E-state index in [-0.39, 0.29) is 4.90 Å². The number of aromatic nitrogens is 1. The Morgan fingerprint density at radius 1 is 1.00 bits per heavy atom. The monoisotopic (exact) mass is 368 g/mol. The molecule has 1 saturated heterocycles. The Labute approximate surface area is 152 Å². The average molecular weight is 368 g/mol. The number of benzene rings is 2. The van der Waals surface area contributed by atoms with Gasteiger partial charge < -0.3 is 10.2 Å². The van der Waals surface area contributed by atoms with E-state index in [0.29, 0.717) is 5.69 Å². The highest BCUT2D eigenvalue weighted by molar-refractivity contribution is 7.92. The van der Waals surface area contributed by atoms with Crippen LogP contribution in [0.1, 0.15) is 0 Å². The minimum Gasteiger partial charge on any atom is -0.368 e. The first kappa shape index (κ1) is 16.8. The molecule has 6 nitrogen and oxygen atoms in total. The topological polar surface area (TPSA) is 74.3 Å². The smallest absolute Gasteiger partial charge is 0.261 e. The molecule has 0 unspecified atom stereocenters. The fourth-order valence-electron chi connectivity index (χ4n) is 3.19. The molecular formula is C19H20N4O2S. The van der Waals surface area contributed by atoms with E-state index in [2.05, 4.69) is 19.9 Å². The minimum atomic E-state index is -3.61. The third-order valence-corrected chi connectivity index (χ3v) is 5.88. The number of nitrogens with zero attached hydrogens (tertiary/aromatic N) is 2. The zero-order valence-electron chi connectivity index (χ0n) is 14.2. The van der Waals surface area contributed by atoms with Crippen molar-refractivity contribution in [1.82, 2.24) is 10.3 Å². The van der Waals surface area contributed by atoms with E-state index in [1.807, 2.05) is 18.2 Å². The third-order valence-electron chi connectivity index (χ3n) is 4.48. The summed E-state index contributed by atoms with van der Waals surface area (Å²) in [5.74, 6) is 0. The van der Waals surface area contributed by atoms with Crippen LogP contribution >= 0.6 is 0 Å². The molecule has 0 radical (unpaired) electrons. The summed E-state index contributed by atoms with van der Waals surface area (Å²) < 4.78 is 27.8. The standard InChI is InChI=1S/C19H20N4O2S/c24-26(25,16-4-2-1-3-5-16)22-15-6-7-18-17(14-15)19(8-9-21-18)23-12-10-20-11-13-23/h1-9,14,20,22H,10-13H2. The van der Waals surface area contributed by atoms with E-state index in [9.17, 15) is 8.42 Å². The number of pyridine rings is 1. The molecule has 0 saturated carbocycles. The molecule has 134 valence electrons. The fraction of sp³-hybridized carbons (Fsp3) is 0.211. The van der Waals surface area contributed by atoms with Crippen molar-refractivity contribution in [1.29, 1.82) is 0 Å². The molecule has 0 spiro atoms. The van der Waals surface area contributed by atoms with Crippen molar-refractivity contribution in [2.75, 3.05) is 35.8 Å². The van der Waals surface area contributed by atoms with E-state index >= 15 is 0 Å². The number of piperazine rings is 1. The normalized spacial score (nSPS) is 15.2. The largest absolute Gasteiger partial charge is 0.368 e. The van der Waals surface area contributed by atoms with Crippen molar-refractivity contribution in [3.63, 3.8) is 0 Å². The second kappa shape index (κ2) is 6.93. The average Bonchev–Trinajstić information content (AvgIpc) is 2.68. The Morgan fingerprint density at radius 2 is 1.77 bits per heavy atom. The van der Waals surface area contributed by atoms with Crippen LogP contribution in [-0.2, 0) is 10.0 Å². The maximum absolute atomic E-state index is 12.6. The molecule has 2 heterocycles. The molecule has 1 aliphatic heterocycles. The molecule has 2 N–H and O–H groups in total. The van der Waals surface area contributed by atoms with E-state index < -0.39 is 10.0 Å². The van der Waals surface area contributed by atoms with Gasteiger partial charge in [-0.2, -0.15) is 0 Å². The molecule has 1 fully saturated rings. The van der Waals surface area contributed by atoms with Crippen LogP contribution in [0.3, 0.4) is 0 Å². The maximum Gasteiger partial charge on any atom is 0.261 e. The molecule has 2 aromatic carbocycles. The Hall–Kier alpha value is -2.64. The zero-order chi connectivity index (χ0) is 18.0. The molecule has 7 heteroatoms. The van der Waals surface area contributed by atoms with Crippen LogP contribution in [0, 0.1) is 0 Å². The van der Waals surface area contributed by atoms with Crippen LogP contribution < -0.4 is 14.9 Å². The van der Waals surface area contributed by atoms with Crippen molar-refractivity contribution in [3.8, 4) is 0 Å². The molecule has 0 bridgehead atoms. The number of rotatable bonds is 4. The van der Waals surface area contributed by atoms with Gasteiger partial charge in [-0.25, -0.2) is 8.42 Å². The van der Waals surface area contributed by atoms with Gasteiger partial charge in [0.2, 0.25) is 0 Å². The van der Waals surface area contributed by atoms with E-state index in [1.165, 1.54) is 0 Å². The van der Waals surface area contributed by atoms with Crippen molar-refractivity contribution in [2.24, 2.45) is 0 Å². The van der Waals surface area contributed by atoms with Gasteiger partial charge in [-0.1, -0.05) is 18.2 Å². The SMILES string of the molecule is O=S(=O)(Nc1ccc2nccc(N3CCNCC3)c2c1)c1ccccc1. The Balaban J connectivity index is 1.71. The van der Waals surface area contributed by atoms with Crippen LogP contribution in [0.2, 0.25) is 0 Å². The summed E-state index contributed by atoms with van der Waals surface area (Å²) in [5, 5.41) is 4.29. The highest BCUT2D eigenvalue weighted by Gasteiger charge is 2.16. The Morgan fingerprint density at radius 3 is 2.54 bits per heavy atom. The van der Waals surface area contributed by atoms with E-state index in [1.54, 1.807) is 42.6 Å². The van der Waals surface area contributed by atoms with Gasteiger partial charge in [0.05, 0.1) is 10.4 Å². The number of anilines is 2. The second-order valence-corrected chi connectivity index (χ2v) is 7.90. The van der Waals surface area contributed by atoms with Gasteiger partial charge in [0.1, 0.15) is 0 Å². The van der Waals surface area contributed by atoms with Crippen molar-refractivity contribution in [3.05, 3.63) is 60.8 Å². The lowest BCUT2D eigenvalue weighted by atomic mass is 10.1. The van der Waals surface area contributed by atoms with Gasteiger partial charge in [-0.15, -0.1) is 0 Å². The summed E-state index contributed by atoms with van der Waals surface area (Å²) in [7, 11) is -3.61. The fourth-order valence-corrected chi connectivity index (χ4v) is 4.26.